The Morgan fingerprint density at radius 1 is 1.22 bits per heavy atom. The average Bonchev–Trinajstić information content (AvgIpc) is 3.14. The number of carbonyl (C=O) groups excluding carboxylic acids is 1. The van der Waals surface area contributed by atoms with Crippen LogP contribution in [0.25, 0.3) is 10.9 Å². The summed E-state index contributed by atoms with van der Waals surface area (Å²) in [5, 5.41) is 3.93. The highest BCUT2D eigenvalue weighted by Crippen LogP contribution is 2.34. The normalized spacial score (nSPS) is 12.3. The molecule has 0 fully saturated rings. The number of benzene rings is 2. The van der Waals surface area contributed by atoms with E-state index in [1.54, 1.807) is 34.9 Å². The van der Waals surface area contributed by atoms with E-state index >= 15 is 0 Å². The first-order valence-electron chi connectivity index (χ1n) is 8.47. The zero-order valence-electron chi connectivity index (χ0n) is 14.6. The highest BCUT2D eigenvalue weighted by atomic mass is 32.2. The van der Waals surface area contributed by atoms with Gasteiger partial charge in [-0.2, -0.15) is 0 Å². The van der Waals surface area contributed by atoms with Crippen LogP contribution >= 0.6 is 11.8 Å². The van der Waals surface area contributed by atoms with Gasteiger partial charge >= 0.3 is 0 Å². The van der Waals surface area contributed by atoms with E-state index < -0.39 is 0 Å². The van der Waals surface area contributed by atoms with Gasteiger partial charge in [-0.15, -0.1) is 0 Å². The summed E-state index contributed by atoms with van der Waals surface area (Å²) in [5.41, 5.74) is 1.16. The van der Waals surface area contributed by atoms with Crippen LogP contribution in [0, 0.1) is 0 Å². The van der Waals surface area contributed by atoms with E-state index in [2.05, 4.69) is 10.3 Å². The maximum atomic E-state index is 12.6. The Labute approximate surface area is 159 Å². The summed E-state index contributed by atoms with van der Waals surface area (Å²) < 4.78 is 12.1. The number of carbonyl (C=O) groups is 1. The molecule has 1 aromatic heterocycles. The number of hydrogen-bond donors (Lipinski definition) is 1. The average molecular weight is 383 g/mol. The topological polar surface area (TPSA) is 82.5 Å². The molecule has 4 rings (SSSR count). The van der Waals surface area contributed by atoms with Gasteiger partial charge in [-0.25, -0.2) is 4.98 Å². The van der Waals surface area contributed by atoms with Crippen molar-refractivity contribution in [2.24, 2.45) is 0 Å². The Kier molecular flexibility index (Phi) is 4.72. The molecular formula is C19H17N3O4S. The molecule has 0 saturated carbocycles. The van der Waals surface area contributed by atoms with Crippen LogP contribution in [0.1, 0.15) is 6.92 Å². The summed E-state index contributed by atoms with van der Waals surface area (Å²) in [7, 11) is 0. The zero-order chi connectivity index (χ0) is 18.8. The monoisotopic (exact) mass is 383 g/mol. The molecule has 8 heteroatoms. The van der Waals surface area contributed by atoms with Crippen LogP contribution in [-0.4, -0.2) is 28.0 Å². The molecule has 0 radical (unpaired) electrons. The molecule has 0 bridgehead atoms. The van der Waals surface area contributed by atoms with Crippen LogP contribution in [0.3, 0.4) is 0 Å². The fraction of sp³-hybridized carbons (Fsp3) is 0.211. The van der Waals surface area contributed by atoms with E-state index in [-0.39, 0.29) is 24.0 Å². The maximum absolute atomic E-state index is 12.6. The molecular weight excluding hydrogens is 366 g/mol. The lowest BCUT2D eigenvalue weighted by molar-refractivity contribution is -0.113. The van der Waals surface area contributed by atoms with Gasteiger partial charge in [0.2, 0.25) is 12.7 Å². The Morgan fingerprint density at radius 3 is 2.89 bits per heavy atom. The minimum atomic E-state index is -0.191. The summed E-state index contributed by atoms with van der Waals surface area (Å²) >= 11 is 1.24. The predicted molar refractivity (Wildman–Crippen MR) is 104 cm³/mol. The van der Waals surface area contributed by atoms with Gasteiger partial charge in [-0.3, -0.25) is 14.2 Å². The molecule has 2 aromatic carbocycles. The van der Waals surface area contributed by atoms with Crippen LogP contribution < -0.4 is 20.3 Å². The van der Waals surface area contributed by atoms with Crippen molar-refractivity contribution in [1.82, 2.24) is 9.55 Å². The number of thioether (sulfide) groups is 1. The first kappa shape index (κ1) is 17.4. The van der Waals surface area contributed by atoms with Crippen LogP contribution in [-0.2, 0) is 11.3 Å². The predicted octanol–water partition coefficient (Wildman–Crippen LogP) is 2.88. The van der Waals surface area contributed by atoms with Crippen molar-refractivity contribution in [3.63, 3.8) is 0 Å². The van der Waals surface area contributed by atoms with Gasteiger partial charge < -0.3 is 14.8 Å². The van der Waals surface area contributed by atoms with Gasteiger partial charge in [-0.05, 0) is 31.2 Å². The van der Waals surface area contributed by atoms with Crippen molar-refractivity contribution in [2.45, 2.75) is 18.6 Å². The van der Waals surface area contributed by atoms with Gasteiger partial charge in [0.25, 0.3) is 5.56 Å². The third-order valence-corrected chi connectivity index (χ3v) is 5.11. The fourth-order valence-corrected chi connectivity index (χ4v) is 3.70. The molecule has 2 heterocycles. The summed E-state index contributed by atoms with van der Waals surface area (Å²) in [6.45, 7) is 2.56. The smallest absolute Gasteiger partial charge is 0.262 e. The molecule has 27 heavy (non-hydrogen) atoms. The summed E-state index contributed by atoms with van der Waals surface area (Å²) in [6.07, 6.45) is 0. The number of aromatic nitrogens is 2. The standard InChI is InChI=1S/C19H17N3O4S/c1-2-22-18(24)13-5-3-4-6-14(13)21-19(22)27-10-17(23)20-12-7-8-15-16(9-12)26-11-25-15/h3-9H,2,10-11H2,1H3,(H,20,23). The minimum Gasteiger partial charge on any atom is -0.454 e. The van der Waals surface area contributed by atoms with E-state index in [0.29, 0.717) is 39.8 Å². The number of amides is 1. The van der Waals surface area contributed by atoms with Crippen LogP contribution in [0.5, 0.6) is 11.5 Å². The van der Waals surface area contributed by atoms with Crippen molar-refractivity contribution in [1.29, 1.82) is 0 Å². The zero-order valence-corrected chi connectivity index (χ0v) is 15.4. The maximum Gasteiger partial charge on any atom is 0.262 e. The van der Waals surface area contributed by atoms with E-state index in [4.69, 9.17) is 9.47 Å². The number of ether oxygens (including phenoxy) is 2. The summed E-state index contributed by atoms with van der Waals surface area (Å²) in [6, 6.07) is 12.5. The second kappa shape index (κ2) is 7.32. The third-order valence-electron chi connectivity index (χ3n) is 4.13. The van der Waals surface area contributed by atoms with Crippen LogP contribution in [0.15, 0.2) is 52.4 Å². The van der Waals surface area contributed by atoms with Gasteiger partial charge in [0, 0.05) is 18.3 Å². The lowest BCUT2D eigenvalue weighted by Gasteiger charge is -2.11. The Morgan fingerprint density at radius 2 is 2.04 bits per heavy atom. The molecule has 1 aliphatic rings. The van der Waals surface area contributed by atoms with Crippen molar-refractivity contribution >= 4 is 34.3 Å². The molecule has 138 valence electrons. The largest absolute Gasteiger partial charge is 0.454 e. The Hall–Kier alpha value is -3.00. The lowest BCUT2D eigenvalue weighted by atomic mass is 10.2. The Bertz CT molecular complexity index is 1080. The van der Waals surface area contributed by atoms with Crippen molar-refractivity contribution in [3.05, 3.63) is 52.8 Å². The SMILES string of the molecule is CCn1c(SCC(=O)Nc2ccc3c(c2)OCO3)nc2ccccc2c1=O. The van der Waals surface area contributed by atoms with Gasteiger partial charge in [0.05, 0.1) is 16.7 Å². The molecule has 1 amide bonds. The number of para-hydroxylation sites is 1. The van der Waals surface area contributed by atoms with Crippen LogP contribution in [0.4, 0.5) is 5.69 Å². The molecule has 0 atom stereocenters. The van der Waals surface area contributed by atoms with Gasteiger partial charge in [-0.1, -0.05) is 23.9 Å². The number of anilines is 1. The van der Waals surface area contributed by atoms with E-state index in [9.17, 15) is 9.59 Å². The molecule has 0 spiro atoms. The van der Waals surface area contributed by atoms with Crippen LogP contribution in [0.2, 0.25) is 0 Å². The van der Waals surface area contributed by atoms with Crippen molar-refractivity contribution in [2.75, 3.05) is 17.9 Å². The number of rotatable bonds is 5. The first-order valence-corrected chi connectivity index (χ1v) is 9.46. The number of nitrogens with zero attached hydrogens (tertiary/aromatic N) is 2. The lowest BCUT2D eigenvalue weighted by Crippen LogP contribution is -2.23. The van der Waals surface area contributed by atoms with E-state index in [0.717, 1.165) is 0 Å². The molecule has 0 saturated heterocycles. The fourth-order valence-electron chi connectivity index (χ4n) is 2.84. The molecule has 1 aliphatic heterocycles. The van der Waals surface area contributed by atoms with E-state index in [1.165, 1.54) is 11.8 Å². The summed E-state index contributed by atoms with van der Waals surface area (Å²) in [5.74, 6) is 1.22. The third kappa shape index (κ3) is 3.48. The van der Waals surface area contributed by atoms with Crippen molar-refractivity contribution in [3.8, 4) is 11.5 Å². The molecule has 7 nitrogen and oxygen atoms in total. The molecule has 1 N–H and O–H groups in total. The number of fused-ring (bicyclic) bond motifs is 2. The van der Waals surface area contributed by atoms with Crippen molar-refractivity contribution < 1.29 is 14.3 Å². The summed E-state index contributed by atoms with van der Waals surface area (Å²) in [4.78, 5) is 29.5. The highest BCUT2D eigenvalue weighted by molar-refractivity contribution is 7.99. The highest BCUT2D eigenvalue weighted by Gasteiger charge is 2.15. The van der Waals surface area contributed by atoms with Gasteiger partial charge in [0.15, 0.2) is 16.7 Å². The van der Waals surface area contributed by atoms with E-state index in [1.807, 2.05) is 19.1 Å². The minimum absolute atomic E-state index is 0.0956. The number of hydrogen-bond acceptors (Lipinski definition) is 6. The Balaban J connectivity index is 1.49. The number of nitrogens with one attached hydrogen (secondary N) is 1. The molecule has 3 aromatic rings. The molecule has 0 unspecified atom stereocenters. The van der Waals surface area contributed by atoms with Gasteiger partial charge in [0.1, 0.15) is 0 Å². The second-order valence-corrected chi connectivity index (χ2v) is 6.81. The second-order valence-electron chi connectivity index (χ2n) is 5.87. The molecule has 0 aliphatic carbocycles. The first-order chi connectivity index (χ1) is 13.2. The quantitative estimate of drug-likeness (QED) is 0.539.